The van der Waals surface area contributed by atoms with E-state index in [1.807, 2.05) is 6.20 Å². The van der Waals surface area contributed by atoms with Crippen molar-refractivity contribution < 1.29 is 0 Å². The topological polar surface area (TPSA) is 29.9 Å². The molecule has 1 aromatic rings. The number of anilines is 1. The monoisotopic (exact) mass is 263 g/mol. The third-order valence-electron chi connectivity index (χ3n) is 4.37. The summed E-state index contributed by atoms with van der Waals surface area (Å²) < 4.78 is 2.24. The van der Waals surface area contributed by atoms with Gasteiger partial charge in [0.2, 0.25) is 5.95 Å². The summed E-state index contributed by atoms with van der Waals surface area (Å²) in [6.07, 6.45) is 11.0. The van der Waals surface area contributed by atoms with Crippen LogP contribution in [-0.2, 0) is 6.54 Å². The van der Waals surface area contributed by atoms with Crippen LogP contribution in [-0.4, -0.2) is 16.1 Å². The minimum atomic E-state index is 0.662. The molecule has 0 atom stereocenters. The molecule has 1 fully saturated rings. The van der Waals surface area contributed by atoms with Crippen molar-refractivity contribution in [2.45, 2.75) is 59.4 Å². The summed E-state index contributed by atoms with van der Waals surface area (Å²) in [4.78, 5) is 4.44. The molecule has 0 bridgehead atoms. The average molecular weight is 263 g/mol. The molecular formula is C16H29N3. The molecular weight excluding hydrogens is 234 g/mol. The van der Waals surface area contributed by atoms with E-state index in [0.29, 0.717) is 5.92 Å². The smallest absolute Gasteiger partial charge is 0.202 e. The van der Waals surface area contributed by atoms with Crippen LogP contribution < -0.4 is 5.32 Å². The minimum Gasteiger partial charge on any atom is -0.355 e. The Bertz CT molecular complexity index is 362. The van der Waals surface area contributed by atoms with Crippen LogP contribution in [0.2, 0.25) is 0 Å². The van der Waals surface area contributed by atoms with Crippen molar-refractivity contribution in [3.05, 3.63) is 12.4 Å². The predicted molar refractivity (Wildman–Crippen MR) is 81.3 cm³/mol. The summed E-state index contributed by atoms with van der Waals surface area (Å²) in [6, 6.07) is 0. The Morgan fingerprint density at radius 2 is 1.95 bits per heavy atom. The van der Waals surface area contributed by atoms with Gasteiger partial charge in [-0.15, -0.1) is 0 Å². The van der Waals surface area contributed by atoms with Crippen molar-refractivity contribution in [1.29, 1.82) is 0 Å². The molecule has 3 nitrogen and oxygen atoms in total. The van der Waals surface area contributed by atoms with E-state index in [0.717, 1.165) is 30.9 Å². The SMILES string of the molecule is CCC1CCC(CNc2nccn2CC(C)C)CC1. The molecule has 0 saturated heterocycles. The molecule has 1 N–H and O–H groups in total. The van der Waals surface area contributed by atoms with E-state index < -0.39 is 0 Å². The number of hydrogen-bond donors (Lipinski definition) is 1. The highest BCUT2D eigenvalue weighted by Crippen LogP contribution is 2.30. The average Bonchev–Trinajstić information content (AvgIpc) is 2.83. The Morgan fingerprint density at radius 3 is 2.58 bits per heavy atom. The molecule has 1 heterocycles. The van der Waals surface area contributed by atoms with E-state index >= 15 is 0 Å². The zero-order valence-electron chi connectivity index (χ0n) is 12.7. The van der Waals surface area contributed by atoms with Crippen LogP contribution >= 0.6 is 0 Å². The van der Waals surface area contributed by atoms with Gasteiger partial charge in [-0.2, -0.15) is 0 Å². The van der Waals surface area contributed by atoms with Crippen molar-refractivity contribution in [2.24, 2.45) is 17.8 Å². The second kappa shape index (κ2) is 6.97. The molecule has 1 aliphatic carbocycles. The summed E-state index contributed by atoms with van der Waals surface area (Å²) in [5.74, 6) is 3.53. The van der Waals surface area contributed by atoms with Gasteiger partial charge in [0.15, 0.2) is 0 Å². The van der Waals surface area contributed by atoms with Gasteiger partial charge in [-0.05, 0) is 30.6 Å². The largest absolute Gasteiger partial charge is 0.355 e. The lowest BCUT2D eigenvalue weighted by atomic mass is 9.81. The summed E-state index contributed by atoms with van der Waals surface area (Å²) in [7, 11) is 0. The molecule has 0 aromatic carbocycles. The van der Waals surface area contributed by atoms with Gasteiger partial charge in [0, 0.05) is 25.5 Å². The van der Waals surface area contributed by atoms with E-state index in [-0.39, 0.29) is 0 Å². The van der Waals surface area contributed by atoms with E-state index in [9.17, 15) is 0 Å². The number of aromatic nitrogens is 2. The number of imidazole rings is 1. The fraction of sp³-hybridized carbons (Fsp3) is 0.812. The molecule has 0 aliphatic heterocycles. The van der Waals surface area contributed by atoms with Crippen molar-refractivity contribution in [3.8, 4) is 0 Å². The van der Waals surface area contributed by atoms with Crippen LogP contribution in [0.25, 0.3) is 0 Å². The third kappa shape index (κ3) is 4.26. The van der Waals surface area contributed by atoms with Gasteiger partial charge in [0.05, 0.1) is 0 Å². The Hall–Kier alpha value is -0.990. The molecule has 0 amide bonds. The highest BCUT2D eigenvalue weighted by molar-refractivity contribution is 5.25. The number of nitrogens with one attached hydrogen (secondary N) is 1. The van der Waals surface area contributed by atoms with Gasteiger partial charge in [-0.1, -0.05) is 40.0 Å². The number of hydrogen-bond acceptors (Lipinski definition) is 2. The third-order valence-corrected chi connectivity index (χ3v) is 4.37. The van der Waals surface area contributed by atoms with Crippen molar-refractivity contribution in [1.82, 2.24) is 9.55 Å². The highest BCUT2D eigenvalue weighted by Gasteiger charge is 2.20. The first-order valence-corrected chi connectivity index (χ1v) is 7.94. The van der Waals surface area contributed by atoms with Gasteiger partial charge >= 0.3 is 0 Å². The molecule has 19 heavy (non-hydrogen) atoms. The second-order valence-corrected chi connectivity index (χ2v) is 6.47. The summed E-state index contributed by atoms with van der Waals surface area (Å²) >= 11 is 0. The van der Waals surface area contributed by atoms with Crippen LogP contribution in [0.5, 0.6) is 0 Å². The van der Waals surface area contributed by atoms with Crippen LogP contribution in [0, 0.1) is 17.8 Å². The van der Waals surface area contributed by atoms with E-state index in [1.165, 1.54) is 32.1 Å². The lowest BCUT2D eigenvalue weighted by Gasteiger charge is -2.28. The lowest BCUT2D eigenvalue weighted by Crippen LogP contribution is -2.22. The molecule has 2 rings (SSSR count). The summed E-state index contributed by atoms with van der Waals surface area (Å²) in [6.45, 7) is 8.95. The van der Waals surface area contributed by atoms with Crippen molar-refractivity contribution in [2.75, 3.05) is 11.9 Å². The summed E-state index contributed by atoms with van der Waals surface area (Å²) in [5, 5.41) is 3.55. The van der Waals surface area contributed by atoms with Crippen LogP contribution in [0.15, 0.2) is 12.4 Å². The molecule has 108 valence electrons. The fourth-order valence-electron chi connectivity index (χ4n) is 3.10. The number of rotatable bonds is 6. The van der Waals surface area contributed by atoms with Crippen LogP contribution in [0.3, 0.4) is 0 Å². The first kappa shape index (κ1) is 14.4. The zero-order chi connectivity index (χ0) is 13.7. The maximum Gasteiger partial charge on any atom is 0.202 e. The van der Waals surface area contributed by atoms with Crippen molar-refractivity contribution in [3.63, 3.8) is 0 Å². The Kier molecular flexibility index (Phi) is 5.29. The standard InChI is InChI=1S/C16H29N3/c1-4-14-5-7-15(8-6-14)11-18-16-17-9-10-19(16)12-13(2)3/h9-10,13-15H,4-8,11-12H2,1-3H3,(H,17,18). The molecule has 0 unspecified atom stereocenters. The van der Waals surface area contributed by atoms with Gasteiger partial charge in [-0.3, -0.25) is 0 Å². The van der Waals surface area contributed by atoms with Crippen molar-refractivity contribution >= 4 is 5.95 Å². The van der Waals surface area contributed by atoms with Gasteiger partial charge in [-0.25, -0.2) is 4.98 Å². The Labute approximate surface area is 117 Å². The maximum atomic E-state index is 4.44. The molecule has 1 aliphatic rings. The maximum absolute atomic E-state index is 4.44. The Balaban J connectivity index is 1.78. The zero-order valence-corrected chi connectivity index (χ0v) is 12.7. The first-order valence-electron chi connectivity index (χ1n) is 7.94. The van der Waals surface area contributed by atoms with Gasteiger partial charge < -0.3 is 9.88 Å². The molecule has 3 heteroatoms. The quantitative estimate of drug-likeness (QED) is 0.835. The molecule has 1 saturated carbocycles. The summed E-state index contributed by atoms with van der Waals surface area (Å²) in [5.41, 5.74) is 0. The van der Waals surface area contributed by atoms with E-state index in [4.69, 9.17) is 0 Å². The number of nitrogens with zero attached hydrogens (tertiary/aromatic N) is 2. The Morgan fingerprint density at radius 1 is 1.26 bits per heavy atom. The molecule has 1 aromatic heterocycles. The lowest BCUT2D eigenvalue weighted by molar-refractivity contribution is 0.278. The molecule has 0 radical (unpaired) electrons. The highest BCUT2D eigenvalue weighted by atomic mass is 15.2. The van der Waals surface area contributed by atoms with E-state index in [1.54, 1.807) is 0 Å². The van der Waals surface area contributed by atoms with E-state index in [2.05, 4.69) is 41.8 Å². The second-order valence-electron chi connectivity index (χ2n) is 6.47. The fourth-order valence-corrected chi connectivity index (χ4v) is 3.10. The van der Waals surface area contributed by atoms with Gasteiger partial charge in [0.1, 0.15) is 0 Å². The van der Waals surface area contributed by atoms with Gasteiger partial charge in [0.25, 0.3) is 0 Å². The first-order chi connectivity index (χ1) is 9.19. The predicted octanol–water partition coefficient (Wildman–Crippen LogP) is 4.17. The van der Waals surface area contributed by atoms with Crippen LogP contribution in [0.1, 0.15) is 52.9 Å². The normalized spacial score (nSPS) is 23.8. The molecule has 0 spiro atoms. The van der Waals surface area contributed by atoms with Crippen LogP contribution in [0.4, 0.5) is 5.95 Å². The minimum absolute atomic E-state index is 0.662.